The summed E-state index contributed by atoms with van der Waals surface area (Å²) in [5.74, 6) is -0.597. The molecule has 0 aliphatic heterocycles. The SMILES string of the molecule is CC1C[C@H](C(=O)NC(C)CC2CC2)[C@H](C(=O)O)C1. The van der Waals surface area contributed by atoms with Crippen LogP contribution in [0.3, 0.4) is 0 Å². The Bertz CT molecular complexity index is 338. The van der Waals surface area contributed by atoms with Crippen molar-refractivity contribution in [2.45, 2.75) is 52.0 Å². The average molecular weight is 253 g/mol. The number of carbonyl (C=O) groups is 2. The third-order valence-electron chi connectivity index (χ3n) is 4.22. The van der Waals surface area contributed by atoms with Crippen molar-refractivity contribution >= 4 is 11.9 Å². The van der Waals surface area contributed by atoms with Crippen LogP contribution in [0, 0.1) is 23.7 Å². The molecule has 0 radical (unpaired) electrons. The van der Waals surface area contributed by atoms with Gasteiger partial charge in [-0.3, -0.25) is 9.59 Å². The molecule has 0 saturated heterocycles. The smallest absolute Gasteiger partial charge is 0.307 e. The summed E-state index contributed by atoms with van der Waals surface area (Å²) in [6, 6.07) is 0.176. The van der Waals surface area contributed by atoms with E-state index in [0.717, 1.165) is 12.3 Å². The van der Waals surface area contributed by atoms with E-state index in [9.17, 15) is 9.59 Å². The molecule has 2 rings (SSSR count). The van der Waals surface area contributed by atoms with Crippen molar-refractivity contribution in [2.75, 3.05) is 0 Å². The second-order valence-electron chi connectivity index (χ2n) is 6.22. The van der Waals surface area contributed by atoms with Crippen LogP contribution in [0.25, 0.3) is 0 Å². The summed E-state index contributed by atoms with van der Waals surface area (Å²) in [5.41, 5.74) is 0. The molecule has 4 nitrogen and oxygen atoms in total. The fourth-order valence-corrected chi connectivity index (χ4v) is 3.12. The van der Waals surface area contributed by atoms with Crippen LogP contribution < -0.4 is 5.32 Å². The molecule has 1 amide bonds. The molecule has 2 aliphatic rings. The fraction of sp³-hybridized carbons (Fsp3) is 0.857. The summed E-state index contributed by atoms with van der Waals surface area (Å²) in [6.07, 6.45) is 4.92. The normalized spacial score (nSPS) is 33.1. The first kappa shape index (κ1) is 13.4. The zero-order chi connectivity index (χ0) is 13.3. The third kappa shape index (κ3) is 3.24. The molecule has 0 aromatic heterocycles. The first-order valence-electron chi connectivity index (χ1n) is 7.00. The number of carbonyl (C=O) groups excluding carboxylic acids is 1. The van der Waals surface area contributed by atoms with E-state index in [4.69, 9.17) is 5.11 Å². The number of nitrogens with one attached hydrogen (secondary N) is 1. The maximum absolute atomic E-state index is 12.1. The van der Waals surface area contributed by atoms with Gasteiger partial charge in [0.25, 0.3) is 0 Å². The molecule has 0 aromatic carbocycles. The highest BCUT2D eigenvalue weighted by Crippen LogP contribution is 2.37. The van der Waals surface area contributed by atoms with Crippen LogP contribution in [0.5, 0.6) is 0 Å². The van der Waals surface area contributed by atoms with Gasteiger partial charge >= 0.3 is 5.97 Å². The molecule has 2 fully saturated rings. The summed E-state index contributed by atoms with van der Waals surface area (Å²) < 4.78 is 0. The highest BCUT2D eigenvalue weighted by atomic mass is 16.4. The molecule has 102 valence electrons. The van der Waals surface area contributed by atoms with Crippen molar-refractivity contribution in [1.82, 2.24) is 5.32 Å². The van der Waals surface area contributed by atoms with Crippen LogP contribution in [0.2, 0.25) is 0 Å². The molecule has 0 bridgehead atoms. The van der Waals surface area contributed by atoms with E-state index >= 15 is 0 Å². The number of hydrogen-bond donors (Lipinski definition) is 2. The average Bonchev–Trinajstić information content (AvgIpc) is 2.97. The van der Waals surface area contributed by atoms with Crippen molar-refractivity contribution < 1.29 is 14.7 Å². The van der Waals surface area contributed by atoms with Crippen molar-refractivity contribution in [3.63, 3.8) is 0 Å². The molecule has 4 heteroatoms. The van der Waals surface area contributed by atoms with Gasteiger partial charge in [-0.2, -0.15) is 0 Å². The Morgan fingerprint density at radius 1 is 1.28 bits per heavy atom. The molecular formula is C14H23NO3. The Kier molecular flexibility index (Phi) is 3.93. The van der Waals surface area contributed by atoms with Gasteiger partial charge in [0.05, 0.1) is 11.8 Å². The van der Waals surface area contributed by atoms with E-state index in [1.165, 1.54) is 12.8 Å². The van der Waals surface area contributed by atoms with Gasteiger partial charge < -0.3 is 10.4 Å². The monoisotopic (exact) mass is 253 g/mol. The van der Waals surface area contributed by atoms with Crippen molar-refractivity contribution in [1.29, 1.82) is 0 Å². The van der Waals surface area contributed by atoms with E-state index in [0.29, 0.717) is 18.8 Å². The van der Waals surface area contributed by atoms with Crippen LogP contribution in [0.1, 0.15) is 46.0 Å². The maximum atomic E-state index is 12.1. The number of carboxylic acid groups (broad SMARTS) is 1. The van der Waals surface area contributed by atoms with Crippen LogP contribution >= 0.6 is 0 Å². The van der Waals surface area contributed by atoms with Crippen LogP contribution in [-0.4, -0.2) is 23.0 Å². The molecule has 2 N–H and O–H groups in total. The molecular weight excluding hydrogens is 230 g/mol. The fourth-order valence-electron chi connectivity index (χ4n) is 3.12. The predicted octanol–water partition coefficient (Wildman–Crippen LogP) is 2.04. The zero-order valence-electron chi connectivity index (χ0n) is 11.2. The predicted molar refractivity (Wildman–Crippen MR) is 68.0 cm³/mol. The molecule has 0 heterocycles. The Labute approximate surface area is 108 Å². The van der Waals surface area contributed by atoms with Gasteiger partial charge in [-0.1, -0.05) is 19.8 Å². The van der Waals surface area contributed by atoms with Gasteiger partial charge in [-0.15, -0.1) is 0 Å². The summed E-state index contributed by atoms with van der Waals surface area (Å²) in [4.78, 5) is 23.3. The highest BCUT2D eigenvalue weighted by molar-refractivity contribution is 5.85. The van der Waals surface area contributed by atoms with Gasteiger partial charge in [0.15, 0.2) is 0 Å². The van der Waals surface area contributed by atoms with Crippen molar-refractivity contribution in [3.05, 3.63) is 0 Å². The second-order valence-corrected chi connectivity index (χ2v) is 6.22. The lowest BCUT2D eigenvalue weighted by molar-refractivity contribution is -0.146. The minimum Gasteiger partial charge on any atom is -0.481 e. The number of amides is 1. The maximum Gasteiger partial charge on any atom is 0.307 e. The Morgan fingerprint density at radius 2 is 1.89 bits per heavy atom. The van der Waals surface area contributed by atoms with E-state index < -0.39 is 11.9 Å². The summed E-state index contributed by atoms with van der Waals surface area (Å²) in [5, 5.41) is 12.2. The summed E-state index contributed by atoms with van der Waals surface area (Å²) in [6.45, 7) is 4.04. The number of hydrogen-bond acceptors (Lipinski definition) is 2. The third-order valence-corrected chi connectivity index (χ3v) is 4.22. The molecule has 18 heavy (non-hydrogen) atoms. The first-order valence-corrected chi connectivity index (χ1v) is 7.00. The number of aliphatic carboxylic acids is 1. The van der Waals surface area contributed by atoms with Gasteiger partial charge in [-0.05, 0) is 38.0 Å². The van der Waals surface area contributed by atoms with E-state index in [-0.39, 0.29) is 17.9 Å². The quantitative estimate of drug-likeness (QED) is 0.788. The summed E-state index contributed by atoms with van der Waals surface area (Å²) >= 11 is 0. The van der Waals surface area contributed by atoms with Gasteiger partial charge in [0.1, 0.15) is 0 Å². The first-order chi connectivity index (χ1) is 8.47. The second kappa shape index (κ2) is 5.29. The topological polar surface area (TPSA) is 66.4 Å². The largest absolute Gasteiger partial charge is 0.481 e. The Morgan fingerprint density at radius 3 is 2.44 bits per heavy atom. The molecule has 2 aliphatic carbocycles. The van der Waals surface area contributed by atoms with E-state index in [1.807, 2.05) is 13.8 Å². The lowest BCUT2D eigenvalue weighted by Crippen LogP contribution is -2.40. The van der Waals surface area contributed by atoms with Crippen LogP contribution in [0.15, 0.2) is 0 Å². The van der Waals surface area contributed by atoms with Gasteiger partial charge in [-0.25, -0.2) is 0 Å². The lowest BCUT2D eigenvalue weighted by Gasteiger charge is -2.19. The molecule has 0 spiro atoms. The lowest BCUT2D eigenvalue weighted by atomic mass is 9.95. The Hall–Kier alpha value is -1.06. The van der Waals surface area contributed by atoms with Gasteiger partial charge in [0, 0.05) is 6.04 Å². The molecule has 2 unspecified atom stereocenters. The van der Waals surface area contributed by atoms with Crippen molar-refractivity contribution in [3.8, 4) is 0 Å². The number of rotatable bonds is 5. The minimum absolute atomic E-state index is 0.0556. The highest BCUT2D eigenvalue weighted by Gasteiger charge is 2.41. The standard InChI is InChI=1S/C14H23NO3/c1-8-5-11(12(6-8)14(17)18)13(16)15-9(2)7-10-3-4-10/h8-12H,3-7H2,1-2H3,(H,15,16)(H,17,18)/t8?,9?,11-,12+/m0/s1. The van der Waals surface area contributed by atoms with Gasteiger partial charge in [0.2, 0.25) is 5.91 Å². The minimum atomic E-state index is -0.825. The van der Waals surface area contributed by atoms with Crippen LogP contribution in [0.4, 0.5) is 0 Å². The van der Waals surface area contributed by atoms with Crippen LogP contribution in [-0.2, 0) is 9.59 Å². The Balaban J connectivity index is 1.88. The molecule has 0 aromatic rings. The molecule has 4 atom stereocenters. The molecule has 2 saturated carbocycles. The summed E-state index contributed by atoms with van der Waals surface area (Å²) in [7, 11) is 0. The zero-order valence-corrected chi connectivity index (χ0v) is 11.2. The van der Waals surface area contributed by atoms with E-state index in [2.05, 4.69) is 5.32 Å². The van der Waals surface area contributed by atoms with E-state index in [1.54, 1.807) is 0 Å². The van der Waals surface area contributed by atoms with Crippen molar-refractivity contribution in [2.24, 2.45) is 23.7 Å². The number of carboxylic acids is 1.